The summed E-state index contributed by atoms with van der Waals surface area (Å²) < 4.78 is 30.2. The Morgan fingerprint density at radius 1 is 0.979 bits per heavy atom. The molecule has 3 saturated heterocycles. The van der Waals surface area contributed by atoms with E-state index in [9.17, 15) is 35.7 Å². The zero-order valence-electron chi connectivity index (χ0n) is 28.9. The van der Waals surface area contributed by atoms with Gasteiger partial charge >= 0.3 is 0 Å². The molecule has 12 heteroatoms. The Labute approximate surface area is 282 Å². The Bertz CT molecular complexity index is 1300. The van der Waals surface area contributed by atoms with Crippen LogP contribution in [0.5, 0.6) is 0 Å². The smallest absolute Gasteiger partial charge is 0.197 e. The van der Waals surface area contributed by atoms with Crippen molar-refractivity contribution in [1.82, 2.24) is 0 Å². The van der Waals surface area contributed by atoms with Gasteiger partial charge in [0.25, 0.3) is 0 Å². The third kappa shape index (κ3) is 4.78. The van der Waals surface area contributed by atoms with Crippen molar-refractivity contribution in [3.8, 4) is 0 Å². The molecule has 272 valence electrons. The van der Waals surface area contributed by atoms with Gasteiger partial charge in [0, 0.05) is 18.9 Å². The van der Waals surface area contributed by atoms with Crippen LogP contribution in [0.15, 0.2) is 23.3 Å². The maximum atomic E-state index is 11.9. The van der Waals surface area contributed by atoms with Crippen molar-refractivity contribution in [1.29, 1.82) is 0 Å². The highest BCUT2D eigenvalue weighted by Gasteiger charge is 2.74. The lowest BCUT2D eigenvalue weighted by Gasteiger charge is -2.54. The zero-order valence-corrected chi connectivity index (χ0v) is 28.9. The summed E-state index contributed by atoms with van der Waals surface area (Å²) in [5.41, 5.74) is 0.603. The fraction of sp³-hybridized carbons (Fsp3) is 0.889. The lowest BCUT2D eigenvalue weighted by molar-refractivity contribution is -0.314. The largest absolute Gasteiger partial charge is 0.394 e. The number of aliphatic hydroxyl groups excluding tert-OH is 6. The Morgan fingerprint density at radius 3 is 2.38 bits per heavy atom. The molecule has 18 atom stereocenters. The van der Waals surface area contributed by atoms with Crippen molar-refractivity contribution in [3.05, 3.63) is 23.3 Å². The molecule has 0 unspecified atom stereocenters. The summed E-state index contributed by atoms with van der Waals surface area (Å²) in [6, 6.07) is 0. The first kappa shape index (κ1) is 35.4. The van der Waals surface area contributed by atoms with Gasteiger partial charge in [0.05, 0.1) is 24.9 Å². The van der Waals surface area contributed by atoms with E-state index in [0.717, 1.165) is 25.7 Å². The van der Waals surface area contributed by atoms with Gasteiger partial charge in [-0.3, -0.25) is 0 Å². The maximum Gasteiger partial charge on any atom is 0.197 e. The highest BCUT2D eigenvalue weighted by atomic mass is 16.8. The van der Waals surface area contributed by atoms with Gasteiger partial charge in [-0.25, -0.2) is 0 Å². The second-order valence-electron chi connectivity index (χ2n) is 16.7. The second kappa shape index (κ2) is 12.0. The number of ether oxygens (including phenoxy) is 5. The van der Waals surface area contributed by atoms with Gasteiger partial charge in [0.2, 0.25) is 0 Å². The van der Waals surface area contributed by atoms with Gasteiger partial charge in [-0.15, -0.1) is 0 Å². The lowest BCUT2D eigenvalue weighted by atomic mass is 9.51. The van der Waals surface area contributed by atoms with Gasteiger partial charge in [0.1, 0.15) is 36.1 Å². The number of rotatable bonds is 6. The molecule has 3 heterocycles. The molecule has 0 radical (unpaired) electrons. The van der Waals surface area contributed by atoms with Gasteiger partial charge in [-0.2, -0.15) is 0 Å². The number of hydrogen-bond acceptors (Lipinski definition) is 12. The molecule has 3 aliphatic heterocycles. The van der Waals surface area contributed by atoms with E-state index < -0.39 is 79.2 Å². The van der Waals surface area contributed by atoms with E-state index in [-0.39, 0.29) is 40.6 Å². The van der Waals surface area contributed by atoms with E-state index in [0.29, 0.717) is 12.8 Å². The van der Waals surface area contributed by atoms with Crippen LogP contribution in [0.4, 0.5) is 0 Å². The first-order valence-corrected chi connectivity index (χ1v) is 17.9. The minimum absolute atomic E-state index is 0.0730. The standard InChI is InChI=1S/C36H56O12/c1-16(2)36(43)30-29(48-35(36,5)44-6)24(31(42)47-30)25-22(38)14-21-19-8-7-17-13-18(9-11-33(17,3)20(19)10-12-34(21,25)4)45-32-28(41)27(40)26(39)23(15-37)46-32/h8,10,16-18,21-32,37-43H,7,9,11-15H2,1-6H3/t17-,18-,21-,22+,23+,24-,25+,26+,27-,28+,29+,30-,31+,32+,33-,34-,35-,36-/m0/s1. The van der Waals surface area contributed by atoms with E-state index >= 15 is 0 Å². The first-order valence-electron chi connectivity index (χ1n) is 17.9. The molecule has 0 aromatic heterocycles. The molecule has 0 bridgehead atoms. The minimum Gasteiger partial charge on any atom is -0.394 e. The van der Waals surface area contributed by atoms with Crippen LogP contribution in [0, 0.1) is 40.4 Å². The first-order chi connectivity index (χ1) is 22.6. The minimum atomic E-state index is -1.49. The van der Waals surface area contributed by atoms with Gasteiger partial charge < -0.3 is 59.4 Å². The molecule has 5 fully saturated rings. The Morgan fingerprint density at radius 2 is 1.71 bits per heavy atom. The summed E-state index contributed by atoms with van der Waals surface area (Å²) in [4.78, 5) is 0. The SMILES string of the molecule is CO[C@@]1(C)O[C@@H]2[C@H]([C@H]3[C@H](O)C[C@H]4C5=CC[C@H]6C[C@@H](O[C@@H]7O[C@H](CO)[C@@H](O)[C@H](O)[C@H]7O)CC[C@]6(C)C5=CC[C@]34C)[C@H](O)O[C@@H]2[C@@]1(O)C(C)C. The topological polar surface area (TPSA) is 188 Å². The summed E-state index contributed by atoms with van der Waals surface area (Å²) >= 11 is 0. The third-order valence-corrected chi connectivity index (χ3v) is 14.2. The van der Waals surface area contributed by atoms with Gasteiger partial charge in [-0.1, -0.05) is 39.8 Å². The van der Waals surface area contributed by atoms with Crippen LogP contribution in [0.25, 0.3) is 0 Å². The molecule has 48 heavy (non-hydrogen) atoms. The van der Waals surface area contributed by atoms with Crippen molar-refractivity contribution in [2.45, 2.75) is 146 Å². The molecule has 7 aliphatic rings. The number of hydrogen-bond donors (Lipinski definition) is 7. The third-order valence-electron chi connectivity index (χ3n) is 14.2. The maximum absolute atomic E-state index is 11.9. The molecule has 0 aromatic carbocycles. The average Bonchev–Trinajstić information content (AvgIpc) is 3.59. The summed E-state index contributed by atoms with van der Waals surface area (Å²) in [5.74, 6) is -2.17. The van der Waals surface area contributed by atoms with Crippen LogP contribution in [0.3, 0.4) is 0 Å². The van der Waals surface area contributed by atoms with Crippen LogP contribution >= 0.6 is 0 Å². The predicted molar refractivity (Wildman–Crippen MR) is 170 cm³/mol. The van der Waals surface area contributed by atoms with Gasteiger partial charge in [0.15, 0.2) is 18.4 Å². The molecular weight excluding hydrogens is 624 g/mol. The predicted octanol–water partition coefficient (Wildman–Crippen LogP) is 1.12. The van der Waals surface area contributed by atoms with E-state index in [1.54, 1.807) is 6.92 Å². The van der Waals surface area contributed by atoms with E-state index in [4.69, 9.17) is 23.7 Å². The normalized spacial score (nSPS) is 56.3. The average molecular weight is 681 g/mol. The van der Waals surface area contributed by atoms with Crippen molar-refractivity contribution in [2.75, 3.05) is 13.7 Å². The fourth-order valence-electron chi connectivity index (χ4n) is 11.3. The van der Waals surface area contributed by atoms with Gasteiger partial charge in [-0.05, 0) is 85.2 Å². The quantitative estimate of drug-likeness (QED) is 0.212. The molecule has 0 aromatic rings. The zero-order chi connectivity index (χ0) is 34.7. The molecule has 2 saturated carbocycles. The van der Waals surface area contributed by atoms with Crippen LogP contribution in [-0.2, 0) is 23.7 Å². The molecule has 4 aliphatic carbocycles. The summed E-state index contributed by atoms with van der Waals surface area (Å²) in [7, 11) is 1.51. The number of allylic oxidation sites excluding steroid dienone is 4. The van der Waals surface area contributed by atoms with Crippen LogP contribution in [0.1, 0.15) is 73.1 Å². The Kier molecular flexibility index (Phi) is 8.87. The second-order valence-corrected chi connectivity index (χ2v) is 16.7. The highest BCUT2D eigenvalue weighted by Crippen LogP contribution is 2.67. The lowest BCUT2D eigenvalue weighted by Crippen LogP contribution is -2.60. The van der Waals surface area contributed by atoms with Crippen LogP contribution < -0.4 is 0 Å². The number of methoxy groups -OCH3 is 1. The highest BCUT2D eigenvalue weighted by molar-refractivity contribution is 5.47. The number of fused-ring (bicyclic) bond motifs is 6. The summed E-state index contributed by atoms with van der Waals surface area (Å²) in [5, 5.41) is 75.7. The molecule has 0 spiro atoms. The number of aliphatic hydroxyl groups is 7. The summed E-state index contributed by atoms with van der Waals surface area (Å²) in [6.45, 7) is 9.53. The van der Waals surface area contributed by atoms with Crippen molar-refractivity contribution < 1.29 is 59.4 Å². The van der Waals surface area contributed by atoms with Crippen molar-refractivity contribution in [3.63, 3.8) is 0 Å². The van der Waals surface area contributed by atoms with E-state index in [2.05, 4.69) is 26.0 Å². The Balaban J connectivity index is 1.11. The van der Waals surface area contributed by atoms with Crippen molar-refractivity contribution >= 4 is 0 Å². The molecule has 7 N–H and O–H groups in total. The molecule has 0 amide bonds. The van der Waals surface area contributed by atoms with Crippen LogP contribution in [-0.4, -0.2) is 122 Å². The molecular formula is C36H56O12. The fourth-order valence-corrected chi connectivity index (χ4v) is 11.3. The molecule has 12 nitrogen and oxygen atoms in total. The monoisotopic (exact) mass is 680 g/mol. The van der Waals surface area contributed by atoms with Crippen molar-refractivity contribution in [2.24, 2.45) is 40.4 Å². The molecule has 7 rings (SSSR count). The summed E-state index contributed by atoms with van der Waals surface area (Å²) in [6.07, 6.45) is -1.02. The van der Waals surface area contributed by atoms with Crippen LogP contribution in [0.2, 0.25) is 0 Å². The van der Waals surface area contributed by atoms with E-state index in [1.807, 2.05) is 13.8 Å². The van der Waals surface area contributed by atoms with E-state index in [1.165, 1.54) is 18.3 Å². The Hall–Kier alpha value is -1.00.